The minimum Gasteiger partial charge on any atom is -0.335 e. The number of alkyl halides is 3. The van der Waals surface area contributed by atoms with E-state index in [1.165, 1.54) is 30.3 Å². The summed E-state index contributed by atoms with van der Waals surface area (Å²) in [4.78, 5) is 31.6. The molecule has 49 heavy (non-hydrogen) atoms. The van der Waals surface area contributed by atoms with Gasteiger partial charge in [0.2, 0.25) is 5.91 Å². The van der Waals surface area contributed by atoms with Gasteiger partial charge < -0.3 is 14.4 Å². The zero-order valence-electron chi connectivity index (χ0n) is 27.0. The van der Waals surface area contributed by atoms with Crippen molar-refractivity contribution in [3.63, 3.8) is 0 Å². The molecule has 0 bridgehead atoms. The topological polar surface area (TPSA) is 45.5 Å². The molecule has 10 heteroatoms. The lowest BCUT2D eigenvalue weighted by Gasteiger charge is -2.38. The van der Waals surface area contributed by atoms with E-state index in [4.69, 9.17) is 0 Å². The monoisotopic (exact) mass is 673 g/mol. The summed E-state index contributed by atoms with van der Waals surface area (Å²) in [5.74, 6) is -2.01. The van der Waals surface area contributed by atoms with Gasteiger partial charge in [-0.2, -0.15) is 13.2 Å². The molecule has 1 aliphatic heterocycles. The van der Waals surface area contributed by atoms with E-state index in [1.54, 1.807) is 24.3 Å². The van der Waals surface area contributed by atoms with Crippen LogP contribution in [0.4, 0.5) is 22.0 Å². The molecule has 254 valence electrons. The average Bonchev–Trinajstić information content (AvgIpc) is 3.09. The quantitative estimate of drug-likeness (QED) is 0.150. The van der Waals surface area contributed by atoms with Crippen molar-refractivity contribution in [2.45, 2.75) is 51.0 Å². The Morgan fingerprint density at radius 3 is 2.16 bits per heavy atom. The van der Waals surface area contributed by atoms with Crippen LogP contribution in [0.15, 0.2) is 102 Å². The molecule has 2 heterocycles. The Morgan fingerprint density at radius 2 is 1.49 bits per heavy atom. The third-order valence-electron chi connectivity index (χ3n) is 9.38. The van der Waals surface area contributed by atoms with E-state index in [0.29, 0.717) is 28.7 Å². The standard InChI is InChI=1S/C39H36F5N3O2/c1-45-21-19-31(20-22-45)47(24-26-9-11-27(12-10-26)28-13-16-30(17-14-28)39(42,43)44)37(49)25-46-32(18-15-29-5-4-7-34(40)38(29)41)23-36(48)33-6-2-3-8-35(33)46/h2-14,16-17,23,31H,15,18-22,24-25H2,1H3. The van der Waals surface area contributed by atoms with Crippen molar-refractivity contribution in [2.24, 2.45) is 0 Å². The number of para-hydroxylation sites is 1. The van der Waals surface area contributed by atoms with Crippen LogP contribution in [0.5, 0.6) is 0 Å². The number of hydrogen-bond donors (Lipinski definition) is 0. The van der Waals surface area contributed by atoms with Gasteiger partial charge in [-0.25, -0.2) is 8.78 Å². The Hall–Kier alpha value is -4.83. The first-order chi connectivity index (χ1) is 23.5. The van der Waals surface area contributed by atoms with E-state index in [9.17, 15) is 31.5 Å². The first kappa shape index (κ1) is 34.0. The number of aromatic nitrogens is 1. The summed E-state index contributed by atoms with van der Waals surface area (Å²) in [5, 5.41) is 0.459. The van der Waals surface area contributed by atoms with E-state index in [2.05, 4.69) is 4.90 Å². The summed E-state index contributed by atoms with van der Waals surface area (Å²) >= 11 is 0. The second-order valence-corrected chi connectivity index (χ2v) is 12.6. The van der Waals surface area contributed by atoms with Gasteiger partial charge in [-0.05, 0) is 98.4 Å². The average molecular weight is 674 g/mol. The number of rotatable bonds is 9. The maximum absolute atomic E-state index is 14.5. The van der Waals surface area contributed by atoms with E-state index < -0.39 is 23.4 Å². The Labute approximate surface area is 281 Å². The van der Waals surface area contributed by atoms with Crippen LogP contribution in [0, 0.1) is 11.6 Å². The number of fused-ring (bicyclic) bond motifs is 1. The molecule has 0 N–H and O–H groups in total. The largest absolute Gasteiger partial charge is 0.416 e. The predicted molar refractivity (Wildman–Crippen MR) is 180 cm³/mol. The summed E-state index contributed by atoms with van der Waals surface area (Å²) in [5.41, 5.74) is 2.68. The molecule has 1 saturated heterocycles. The molecule has 0 aliphatic carbocycles. The van der Waals surface area contributed by atoms with Crippen LogP contribution in [0.3, 0.4) is 0 Å². The third kappa shape index (κ3) is 7.75. The number of amides is 1. The highest BCUT2D eigenvalue weighted by Gasteiger charge is 2.30. The lowest BCUT2D eigenvalue weighted by molar-refractivity contribution is -0.137. The van der Waals surface area contributed by atoms with Gasteiger partial charge in [0.1, 0.15) is 6.54 Å². The van der Waals surface area contributed by atoms with Crippen LogP contribution in [0.1, 0.15) is 35.2 Å². The normalized spacial score (nSPS) is 14.3. The zero-order valence-corrected chi connectivity index (χ0v) is 27.0. The minimum atomic E-state index is -4.41. The number of likely N-dealkylation sites (tertiary alicyclic amines) is 1. The summed E-state index contributed by atoms with van der Waals surface area (Å²) in [7, 11) is 2.04. The second-order valence-electron chi connectivity index (χ2n) is 12.6. The smallest absolute Gasteiger partial charge is 0.335 e. The molecule has 4 aromatic carbocycles. The van der Waals surface area contributed by atoms with Gasteiger partial charge in [0.05, 0.1) is 11.1 Å². The SMILES string of the molecule is CN1CCC(N(Cc2ccc(-c3ccc(C(F)(F)F)cc3)cc2)C(=O)Cn2c(CCc3cccc(F)c3F)cc(=O)c3ccccc32)CC1. The number of benzene rings is 4. The van der Waals surface area contributed by atoms with Gasteiger partial charge in [0, 0.05) is 29.7 Å². The van der Waals surface area contributed by atoms with Gasteiger partial charge in [0.15, 0.2) is 17.1 Å². The number of carbonyl (C=O) groups is 1. The molecule has 1 aliphatic rings. The van der Waals surface area contributed by atoms with Gasteiger partial charge in [0.25, 0.3) is 0 Å². The van der Waals surface area contributed by atoms with Crippen LogP contribution in [-0.4, -0.2) is 46.5 Å². The Bertz CT molecular complexity index is 2000. The first-order valence-corrected chi connectivity index (χ1v) is 16.3. The molecule has 1 aromatic heterocycles. The van der Waals surface area contributed by atoms with Crippen molar-refractivity contribution in [3.8, 4) is 11.1 Å². The van der Waals surface area contributed by atoms with Crippen molar-refractivity contribution in [1.82, 2.24) is 14.4 Å². The number of aryl methyl sites for hydroxylation is 2. The highest BCUT2D eigenvalue weighted by atomic mass is 19.4. The number of nitrogens with zero attached hydrogens (tertiary/aromatic N) is 3. The highest BCUT2D eigenvalue weighted by Crippen LogP contribution is 2.31. The molecule has 6 rings (SSSR count). The zero-order chi connectivity index (χ0) is 34.7. The van der Waals surface area contributed by atoms with Crippen molar-refractivity contribution >= 4 is 16.8 Å². The van der Waals surface area contributed by atoms with E-state index in [0.717, 1.165) is 55.3 Å². The molecule has 0 spiro atoms. The molecule has 0 saturated carbocycles. The molecule has 1 amide bonds. The molecular weight excluding hydrogens is 637 g/mol. The highest BCUT2D eigenvalue weighted by molar-refractivity contribution is 5.83. The fourth-order valence-corrected chi connectivity index (χ4v) is 6.58. The van der Waals surface area contributed by atoms with Crippen LogP contribution < -0.4 is 5.43 Å². The molecule has 0 unspecified atom stereocenters. The van der Waals surface area contributed by atoms with Gasteiger partial charge >= 0.3 is 6.18 Å². The summed E-state index contributed by atoms with van der Waals surface area (Å²) < 4.78 is 69.4. The molecular formula is C39H36F5N3O2. The van der Waals surface area contributed by atoms with Crippen LogP contribution >= 0.6 is 0 Å². The Kier molecular flexibility index (Phi) is 9.96. The van der Waals surface area contributed by atoms with Crippen molar-refractivity contribution in [3.05, 3.63) is 141 Å². The number of piperidine rings is 1. The maximum atomic E-state index is 14.5. The van der Waals surface area contributed by atoms with Gasteiger partial charge in [-0.15, -0.1) is 0 Å². The lowest BCUT2D eigenvalue weighted by Crippen LogP contribution is -2.47. The summed E-state index contributed by atoms with van der Waals surface area (Å²) in [6.07, 6.45) is -2.49. The van der Waals surface area contributed by atoms with E-state index in [-0.39, 0.29) is 42.3 Å². The number of hydrogen-bond acceptors (Lipinski definition) is 3. The first-order valence-electron chi connectivity index (χ1n) is 16.3. The fourth-order valence-electron chi connectivity index (χ4n) is 6.58. The van der Waals surface area contributed by atoms with Crippen molar-refractivity contribution < 1.29 is 26.7 Å². The minimum absolute atomic E-state index is 0.0335. The molecule has 5 aromatic rings. The van der Waals surface area contributed by atoms with E-state index >= 15 is 0 Å². The summed E-state index contributed by atoms with van der Waals surface area (Å²) in [6, 6.07) is 25.0. The molecule has 0 radical (unpaired) electrons. The van der Waals surface area contributed by atoms with Gasteiger partial charge in [-0.1, -0.05) is 60.7 Å². The number of pyridine rings is 1. The second kappa shape index (κ2) is 14.3. The van der Waals surface area contributed by atoms with Gasteiger partial charge in [-0.3, -0.25) is 9.59 Å². The lowest BCUT2D eigenvalue weighted by atomic mass is 10.00. The third-order valence-corrected chi connectivity index (χ3v) is 9.38. The van der Waals surface area contributed by atoms with Crippen LogP contribution in [0.25, 0.3) is 22.0 Å². The van der Waals surface area contributed by atoms with Crippen LogP contribution in [-0.2, 0) is 36.9 Å². The summed E-state index contributed by atoms with van der Waals surface area (Å²) in [6.45, 7) is 1.92. The van der Waals surface area contributed by atoms with Crippen molar-refractivity contribution in [2.75, 3.05) is 20.1 Å². The molecule has 1 fully saturated rings. The van der Waals surface area contributed by atoms with Crippen LogP contribution in [0.2, 0.25) is 0 Å². The number of carbonyl (C=O) groups excluding carboxylic acids is 1. The molecule has 0 atom stereocenters. The Balaban J connectivity index is 1.29. The number of halogens is 5. The van der Waals surface area contributed by atoms with E-state index in [1.807, 2.05) is 40.8 Å². The maximum Gasteiger partial charge on any atom is 0.416 e. The predicted octanol–water partition coefficient (Wildman–Crippen LogP) is 7.87. The molecule has 5 nitrogen and oxygen atoms in total. The fraction of sp³-hybridized carbons (Fsp3) is 0.282. The van der Waals surface area contributed by atoms with Crippen molar-refractivity contribution in [1.29, 1.82) is 0 Å². The Morgan fingerprint density at radius 1 is 0.837 bits per heavy atom.